The lowest BCUT2D eigenvalue weighted by molar-refractivity contribution is -0.165. The van der Waals surface area contributed by atoms with Crippen molar-refractivity contribution in [2.75, 3.05) is 74.8 Å². The molecule has 1 heterocycles. The molecule has 1 saturated heterocycles. The number of esters is 2. The third-order valence-electron chi connectivity index (χ3n) is 14.2. The van der Waals surface area contributed by atoms with Gasteiger partial charge in [-0.1, -0.05) is 61.2 Å². The van der Waals surface area contributed by atoms with Crippen LogP contribution in [0, 0.1) is 5.41 Å². The van der Waals surface area contributed by atoms with Crippen LogP contribution < -0.4 is 24.8 Å². The zero-order valence-corrected chi connectivity index (χ0v) is 48.3. The molecule has 446 valence electrons. The van der Waals surface area contributed by atoms with Gasteiger partial charge in [0.15, 0.2) is 18.1 Å². The Balaban J connectivity index is 1.39. The third-order valence-corrected chi connectivity index (χ3v) is 14.2. The lowest BCUT2D eigenvalue weighted by Gasteiger charge is -2.36. The SMILES string of the molecule is C=CC(=O)OCC(C)(C)C(=O)C(=O)N1CCCC[C@H]1C(=O)O[C@H](CCc1cc(O)c(OC)c(OC)c1)c1cccc(OCC(=O)N(C)[C@@H](Cc2ccc(O)cc2)C(=O)N[C@H](Cc2ccccc2)C(=O)N(C)CC(=O)NCC(=O)N(C)CC)c1. The first-order chi connectivity index (χ1) is 39.5. The van der Waals surface area contributed by atoms with E-state index in [4.69, 9.17) is 23.7 Å². The van der Waals surface area contributed by atoms with E-state index in [1.54, 1.807) is 86.8 Å². The second-order valence-electron chi connectivity index (χ2n) is 20.7. The molecular weight excluding hydrogens is 1070 g/mol. The van der Waals surface area contributed by atoms with Crippen molar-refractivity contribution in [1.82, 2.24) is 30.2 Å². The van der Waals surface area contributed by atoms with Crippen molar-refractivity contribution in [2.45, 2.75) is 89.9 Å². The average Bonchev–Trinajstić information content (AvgIpc) is 3.69. The summed E-state index contributed by atoms with van der Waals surface area (Å²) in [4.78, 5) is 127. The van der Waals surface area contributed by atoms with Crippen LogP contribution >= 0.6 is 0 Å². The van der Waals surface area contributed by atoms with Crippen LogP contribution in [-0.2, 0) is 71.9 Å². The molecule has 6 amide bonds. The predicted molar refractivity (Wildman–Crippen MR) is 304 cm³/mol. The molecule has 0 spiro atoms. The van der Waals surface area contributed by atoms with Gasteiger partial charge in [0.2, 0.25) is 35.2 Å². The number of piperidine rings is 1. The average molecular weight is 1150 g/mol. The minimum atomic E-state index is -1.44. The molecule has 0 aliphatic carbocycles. The fraction of sp³-hybridized carbons (Fsp3) is 0.426. The highest BCUT2D eigenvalue weighted by Gasteiger charge is 2.43. The monoisotopic (exact) mass is 1150 g/mol. The molecule has 1 aliphatic rings. The molecular formula is C61H76N6O16. The Morgan fingerprint density at radius 3 is 2.18 bits per heavy atom. The highest BCUT2D eigenvalue weighted by atomic mass is 16.5. The van der Waals surface area contributed by atoms with Crippen LogP contribution in [0.5, 0.6) is 28.7 Å². The van der Waals surface area contributed by atoms with E-state index in [9.17, 15) is 53.4 Å². The Hall–Kier alpha value is -8.95. The van der Waals surface area contributed by atoms with E-state index in [1.807, 2.05) is 0 Å². The summed E-state index contributed by atoms with van der Waals surface area (Å²) in [6, 6.07) is 20.9. The van der Waals surface area contributed by atoms with Crippen LogP contribution in [0.15, 0.2) is 104 Å². The van der Waals surface area contributed by atoms with Gasteiger partial charge in [0.05, 0.1) is 32.7 Å². The molecule has 22 heteroatoms. The van der Waals surface area contributed by atoms with Gasteiger partial charge >= 0.3 is 11.9 Å². The van der Waals surface area contributed by atoms with Gasteiger partial charge in [-0.15, -0.1) is 0 Å². The van der Waals surface area contributed by atoms with Crippen LogP contribution in [0.25, 0.3) is 0 Å². The molecule has 83 heavy (non-hydrogen) atoms. The maximum absolute atomic E-state index is 14.6. The number of nitrogens with one attached hydrogen (secondary N) is 2. The quantitative estimate of drug-likeness (QED) is 0.0336. The smallest absolute Gasteiger partial charge is 0.330 e. The van der Waals surface area contributed by atoms with Gasteiger partial charge in [-0.2, -0.15) is 0 Å². The Morgan fingerprint density at radius 2 is 1.52 bits per heavy atom. The molecule has 4 atom stereocenters. The minimum Gasteiger partial charge on any atom is -0.508 e. The predicted octanol–water partition coefficient (Wildman–Crippen LogP) is 4.27. The van der Waals surface area contributed by atoms with Crippen molar-refractivity contribution in [3.63, 3.8) is 0 Å². The Kier molecular flexibility index (Phi) is 24.0. The first-order valence-corrected chi connectivity index (χ1v) is 27.2. The van der Waals surface area contributed by atoms with Gasteiger partial charge in [0.1, 0.15) is 42.3 Å². The molecule has 0 unspecified atom stereocenters. The zero-order valence-electron chi connectivity index (χ0n) is 48.3. The largest absolute Gasteiger partial charge is 0.508 e. The van der Waals surface area contributed by atoms with E-state index >= 15 is 0 Å². The van der Waals surface area contributed by atoms with Gasteiger partial charge in [-0.05, 0) is 112 Å². The third kappa shape index (κ3) is 18.5. The van der Waals surface area contributed by atoms with Gasteiger partial charge < -0.3 is 64.1 Å². The van der Waals surface area contributed by atoms with E-state index in [0.717, 1.165) is 11.0 Å². The molecule has 5 rings (SSSR count). The first-order valence-electron chi connectivity index (χ1n) is 27.2. The maximum Gasteiger partial charge on any atom is 0.330 e. The van der Waals surface area contributed by atoms with Crippen LogP contribution in [0.1, 0.15) is 74.8 Å². The summed E-state index contributed by atoms with van der Waals surface area (Å²) >= 11 is 0. The fourth-order valence-corrected chi connectivity index (χ4v) is 9.07. The summed E-state index contributed by atoms with van der Waals surface area (Å²) < 4.78 is 28.2. The van der Waals surface area contributed by atoms with E-state index in [-0.39, 0.29) is 79.8 Å². The summed E-state index contributed by atoms with van der Waals surface area (Å²) in [6.07, 6.45) is 1.39. The van der Waals surface area contributed by atoms with Gasteiger partial charge in [0, 0.05) is 53.2 Å². The topological polar surface area (TPSA) is 277 Å². The van der Waals surface area contributed by atoms with E-state index in [0.29, 0.717) is 41.6 Å². The number of aryl methyl sites for hydroxylation is 1. The summed E-state index contributed by atoms with van der Waals surface area (Å²) in [6.45, 7) is 6.86. The molecule has 0 aromatic heterocycles. The summed E-state index contributed by atoms with van der Waals surface area (Å²) in [5.41, 5.74) is 0.811. The molecule has 0 bridgehead atoms. The number of carbonyl (C=O) groups excluding carboxylic acids is 9. The number of carbonyl (C=O) groups is 9. The second kappa shape index (κ2) is 30.8. The normalized spacial score (nSPS) is 14.1. The van der Waals surface area contributed by atoms with E-state index in [2.05, 4.69) is 17.2 Å². The first kappa shape index (κ1) is 64.9. The molecule has 4 N–H and O–H groups in total. The van der Waals surface area contributed by atoms with Crippen molar-refractivity contribution in [3.05, 3.63) is 126 Å². The van der Waals surface area contributed by atoms with Crippen molar-refractivity contribution in [3.8, 4) is 28.7 Å². The Bertz CT molecular complexity index is 2950. The Morgan fingerprint density at radius 1 is 0.819 bits per heavy atom. The number of nitrogens with zero attached hydrogens (tertiary/aromatic N) is 4. The summed E-state index contributed by atoms with van der Waals surface area (Å²) in [7, 11) is 7.19. The number of benzene rings is 4. The van der Waals surface area contributed by atoms with Gasteiger partial charge in [-0.3, -0.25) is 33.6 Å². The molecule has 0 radical (unpaired) electrons. The van der Waals surface area contributed by atoms with Crippen molar-refractivity contribution < 1.29 is 77.0 Å². The van der Waals surface area contributed by atoms with Gasteiger partial charge in [-0.25, -0.2) is 9.59 Å². The number of amides is 6. The van der Waals surface area contributed by atoms with Crippen LogP contribution in [0.2, 0.25) is 0 Å². The standard InChI is InChI=1S/C61H76N6O16/c1-10-54(73)82-38-61(3,4)56(74)59(77)67-29-16-15-22-46(67)60(78)83-49(28-25-41-32-48(69)55(80-9)50(33-41)79-8)42-20-17-21-44(34-42)81-37-53(72)66(7)47(31-40-23-26-43(68)27-24-40)57(75)63-45(30-39-18-13-12-14-19-39)58(76)65(6)36-51(70)62-35-52(71)64(5)11-2/h10,12-14,17-21,23-24,26-27,32-34,45-47,49,68-69H,1,11,15-16,22,25,28-31,35-38H2,2-9H3,(H,62,70)(H,63,75)/t45-,46+,47+,49-/m1/s1. The zero-order chi connectivity index (χ0) is 61.0. The van der Waals surface area contributed by atoms with E-state index < -0.39 is 96.7 Å². The van der Waals surface area contributed by atoms with E-state index in [1.165, 1.54) is 75.1 Å². The number of methoxy groups -OCH3 is 2. The highest BCUT2D eigenvalue weighted by molar-refractivity contribution is 6.38. The molecule has 4 aromatic carbocycles. The molecule has 0 saturated carbocycles. The summed E-state index contributed by atoms with van der Waals surface area (Å²) in [5.74, 6) is -5.98. The van der Waals surface area contributed by atoms with Crippen LogP contribution in [-0.4, -0.2) is 176 Å². The number of hydrogen-bond donors (Lipinski definition) is 4. The number of likely N-dealkylation sites (N-methyl/N-ethyl adjacent to an activating group) is 3. The lowest BCUT2D eigenvalue weighted by atomic mass is 9.87. The number of ketones is 1. The molecule has 4 aromatic rings. The number of phenolic OH excluding ortho intramolecular Hbond substituents is 2. The van der Waals surface area contributed by atoms with Crippen molar-refractivity contribution in [2.24, 2.45) is 5.41 Å². The summed E-state index contributed by atoms with van der Waals surface area (Å²) in [5, 5.41) is 26.2. The number of rotatable bonds is 29. The van der Waals surface area contributed by atoms with Crippen molar-refractivity contribution in [1.29, 1.82) is 0 Å². The number of Topliss-reactive ketones (excluding diaryl/α,β-unsaturated/α-hetero) is 1. The lowest BCUT2D eigenvalue weighted by Crippen LogP contribution is -2.56. The number of ether oxygens (including phenoxy) is 5. The van der Waals surface area contributed by atoms with Gasteiger partial charge in [0.25, 0.3) is 11.8 Å². The number of aromatic hydroxyl groups is 2. The number of hydrogen-bond acceptors (Lipinski definition) is 16. The molecule has 1 fully saturated rings. The highest BCUT2D eigenvalue weighted by Crippen LogP contribution is 2.39. The van der Waals surface area contributed by atoms with Crippen LogP contribution in [0.4, 0.5) is 0 Å². The number of phenols is 2. The van der Waals surface area contributed by atoms with Crippen LogP contribution in [0.3, 0.4) is 0 Å². The Labute approximate surface area is 483 Å². The second-order valence-corrected chi connectivity index (χ2v) is 20.7. The minimum absolute atomic E-state index is 0.0128. The molecule has 1 aliphatic heterocycles. The molecule has 22 nitrogen and oxygen atoms in total. The maximum atomic E-state index is 14.6. The fourth-order valence-electron chi connectivity index (χ4n) is 9.07. The van der Waals surface area contributed by atoms with Crippen molar-refractivity contribution >= 4 is 53.2 Å². The number of likely N-dealkylation sites (tertiary alicyclic amines) is 1.